The summed E-state index contributed by atoms with van der Waals surface area (Å²) >= 11 is 12.2. The monoisotopic (exact) mass is 363 g/mol. The third-order valence-electron chi connectivity index (χ3n) is 4.20. The second kappa shape index (κ2) is 6.65. The standard InChI is InChI=1S/C15H19Cl2NO3S/c16-12-1-4-14(17)10(8-12)7-11-9-21-6-5-15(11)22(19,20)18-13-2-3-13/h1,4,8,11,13,15,18H,2-3,5-7,9H2. The van der Waals surface area contributed by atoms with Gasteiger partial charge >= 0.3 is 0 Å². The van der Waals surface area contributed by atoms with Crippen LogP contribution in [0, 0.1) is 5.92 Å². The summed E-state index contributed by atoms with van der Waals surface area (Å²) in [4.78, 5) is 0. The molecule has 0 amide bonds. The maximum atomic E-state index is 12.6. The van der Waals surface area contributed by atoms with E-state index in [0.29, 0.717) is 36.1 Å². The highest BCUT2D eigenvalue weighted by atomic mass is 35.5. The average Bonchev–Trinajstić information content (AvgIpc) is 3.26. The molecule has 1 aromatic carbocycles. The van der Waals surface area contributed by atoms with Crippen LogP contribution < -0.4 is 4.72 Å². The fourth-order valence-corrected chi connectivity index (χ4v) is 5.23. The molecule has 4 nitrogen and oxygen atoms in total. The number of hydrogen-bond donors (Lipinski definition) is 1. The fraction of sp³-hybridized carbons (Fsp3) is 0.600. The van der Waals surface area contributed by atoms with Gasteiger partial charge in [0.15, 0.2) is 0 Å². The molecule has 0 radical (unpaired) electrons. The van der Waals surface area contributed by atoms with Crippen molar-refractivity contribution in [2.24, 2.45) is 5.92 Å². The topological polar surface area (TPSA) is 55.4 Å². The lowest BCUT2D eigenvalue weighted by atomic mass is 9.93. The van der Waals surface area contributed by atoms with Crippen LogP contribution in [-0.4, -0.2) is 32.9 Å². The summed E-state index contributed by atoms with van der Waals surface area (Å²) < 4.78 is 33.4. The lowest BCUT2D eigenvalue weighted by molar-refractivity contribution is 0.0570. The van der Waals surface area contributed by atoms with Gasteiger partial charge in [-0.1, -0.05) is 23.2 Å². The molecule has 2 unspecified atom stereocenters. The lowest BCUT2D eigenvalue weighted by Gasteiger charge is -2.31. The number of sulfonamides is 1. The van der Waals surface area contributed by atoms with Gasteiger partial charge in [-0.3, -0.25) is 0 Å². The second-order valence-electron chi connectivity index (χ2n) is 6.04. The van der Waals surface area contributed by atoms with Crippen LogP contribution in [0.2, 0.25) is 10.0 Å². The van der Waals surface area contributed by atoms with Gasteiger partial charge in [0.2, 0.25) is 10.0 Å². The van der Waals surface area contributed by atoms with Crippen LogP contribution in [0.15, 0.2) is 18.2 Å². The van der Waals surface area contributed by atoms with Crippen LogP contribution in [0.1, 0.15) is 24.8 Å². The van der Waals surface area contributed by atoms with Gasteiger partial charge in [0.05, 0.1) is 11.9 Å². The van der Waals surface area contributed by atoms with Crippen LogP contribution in [0.5, 0.6) is 0 Å². The highest BCUT2D eigenvalue weighted by Crippen LogP contribution is 2.30. The Hall–Kier alpha value is -0.330. The molecule has 1 N–H and O–H groups in total. The molecule has 2 atom stereocenters. The molecule has 1 saturated carbocycles. The molecule has 2 aliphatic rings. The summed E-state index contributed by atoms with van der Waals surface area (Å²) in [5.74, 6) is -0.110. The van der Waals surface area contributed by atoms with Gasteiger partial charge in [-0.2, -0.15) is 0 Å². The SMILES string of the molecule is O=S(=O)(NC1CC1)C1CCOCC1Cc1cc(Cl)ccc1Cl. The molecule has 1 aliphatic heterocycles. The van der Waals surface area contributed by atoms with Gasteiger partial charge in [0, 0.05) is 28.6 Å². The van der Waals surface area contributed by atoms with E-state index in [0.717, 1.165) is 18.4 Å². The van der Waals surface area contributed by atoms with Gasteiger partial charge in [-0.15, -0.1) is 0 Å². The van der Waals surface area contributed by atoms with E-state index in [2.05, 4.69) is 4.72 Å². The van der Waals surface area contributed by atoms with Crippen molar-refractivity contribution in [2.75, 3.05) is 13.2 Å². The molecular weight excluding hydrogens is 345 g/mol. The van der Waals surface area contributed by atoms with Crippen LogP contribution in [0.25, 0.3) is 0 Å². The molecule has 0 bridgehead atoms. The first-order valence-corrected chi connectivity index (χ1v) is 9.79. The van der Waals surface area contributed by atoms with Crippen LogP contribution in [0.4, 0.5) is 0 Å². The molecule has 0 aromatic heterocycles. The van der Waals surface area contributed by atoms with Crippen molar-refractivity contribution in [1.29, 1.82) is 0 Å². The number of hydrogen-bond acceptors (Lipinski definition) is 3. The maximum Gasteiger partial charge on any atom is 0.215 e. The van der Waals surface area contributed by atoms with E-state index >= 15 is 0 Å². The highest BCUT2D eigenvalue weighted by Gasteiger charge is 2.39. The largest absolute Gasteiger partial charge is 0.381 e. The van der Waals surface area contributed by atoms with Crippen molar-refractivity contribution in [3.8, 4) is 0 Å². The molecule has 7 heteroatoms. The number of rotatable bonds is 5. The van der Waals surface area contributed by atoms with Crippen LogP contribution in [-0.2, 0) is 21.2 Å². The van der Waals surface area contributed by atoms with Crippen molar-refractivity contribution >= 4 is 33.2 Å². The van der Waals surface area contributed by atoms with Crippen molar-refractivity contribution in [1.82, 2.24) is 4.72 Å². The van der Waals surface area contributed by atoms with Crippen LogP contribution >= 0.6 is 23.2 Å². The van der Waals surface area contributed by atoms with Crippen molar-refractivity contribution in [3.05, 3.63) is 33.8 Å². The zero-order chi connectivity index (χ0) is 15.7. The van der Waals surface area contributed by atoms with Crippen molar-refractivity contribution in [3.63, 3.8) is 0 Å². The molecule has 1 aromatic rings. The predicted octanol–water partition coefficient (Wildman–Crippen LogP) is 3.02. The van der Waals surface area contributed by atoms with E-state index < -0.39 is 15.3 Å². The Morgan fingerprint density at radius 3 is 2.73 bits per heavy atom. The molecule has 22 heavy (non-hydrogen) atoms. The van der Waals surface area contributed by atoms with Gasteiger partial charge in [-0.25, -0.2) is 13.1 Å². The van der Waals surface area contributed by atoms with Gasteiger partial charge in [0.1, 0.15) is 0 Å². The Kier molecular flexibility index (Phi) is 5.00. The normalized spacial score (nSPS) is 26.1. The molecule has 1 heterocycles. The third kappa shape index (κ3) is 3.95. The second-order valence-corrected chi connectivity index (χ2v) is 8.81. The van der Waals surface area contributed by atoms with Crippen molar-refractivity contribution < 1.29 is 13.2 Å². The fourth-order valence-electron chi connectivity index (χ4n) is 2.88. The average molecular weight is 364 g/mol. The number of ether oxygens (including phenoxy) is 1. The Labute approximate surface area is 141 Å². The molecule has 1 aliphatic carbocycles. The van der Waals surface area contributed by atoms with E-state index in [1.165, 1.54) is 0 Å². The van der Waals surface area contributed by atoms with Gasteiger partial charge in [-0.05, 0) is 49.4 Å². The van der Waals surface area contributed by atoms with Crippen LogP contribution in [0.3, 0.4) is 0 Å². The number of nitrogens with one attached hydrogen (secondary N) is 1. The maximum absolute atomic E-state index is 12.6. The zero-order valence-corrected chi connectivity index (χ0v) is 14.4. The number of benzene rings is 1. The van der Waals surface area contributed by atoms with Crippen molar-refractivity contribution in [2.45, 2.75) is 37.0 Å². The van der Waals surface area contributed by atoms with E-state index in [4.69, 9.17) is 27.9 Å². The Bertz CT molecular complexity index is 646. The molecule has 1 saturated heterocycles. The quantitative estimate of drug-likeness (QED) is 0.874. The van der Waals surface area contributed by atoms with Gasteiger partial charge in [0.25, 0.3) is 0 Å². The Morgan fingerprint density at radius 1 is 1.23 bits per heavy atom. The van der Waals surface area contributed by atoms with E-state index in [-0.39, 0.29) is 12.0 Å². The summed E-state index contributed by atoms with van der Waals surface area (Å²) in [6.45, 7) is 0.912. The van der Waals surface area contributed by atoms with E-state index in [1.54, 1.807) is 18.2 Å². The smallest absolute Gasteiger partial charge is 0.215 e. The minimum atomic E-state index is -3.32. The predicted molar refractivity (Wildman–Crippen MR) is 88.0 cm³/mol. The summed E-state index contributed by atoms with van der Waals surface area (Å²) in [7, 11) is -3.32. The highest BCUT2D eigenvalue weighted by molar-refractivity contribution is 7.90. The van der Waals surface area contributed by atoms with E-state index in [9.17, 15) is 8.42 Å². The first kappa shape index (κ1) is 16.5. The Balaban J connectivity index is 1.78. The Morgan fingerprint density at radius 2 is 2.00 bits per heavy atom. The minimum absolute atomic E-state index is 0.110. The van der Waals surface area contributed by atoms with E-state index in [1.807, 2.05) is 0 Å². The summed E-state index contributed by atoms with van der Waals surface area (Å²) in [6, 6.07) is 5.40. The first-order valence-electron chi connectivity index (χ1n) is 7.48. The molecule has 0 spiro atoms. The molecule has 122 valence electrons. The summed E-state index contributed by atoms with van der Waals surface area (Å²) in [5.41, 5.74) is 0.872. The molecule has 2 fully saturated rings. The lowest BCUT2D eigenvalue weighted by Crippen LogP contribution is -2.45. The minimum Gasteiger partial charge on any atom is -0.381 e. The zero-order valence-electron chi connectivity index (χ0n) is 12.1. The summed E-state index contributed by atoms with van der Waals surface area (Å²) in [6.07, 6.45) is 2.95. The summed E-state index contributed by atoms with van der Waals surface area (Å²) in [5, 5.41) is 0.782. The molecule has 3 rings (SSSR count). The third-order valence-corrected chi connectivity index (χ3v) is 6.88. The van der Waals surface area contributed by atoms with Gasteiger partial charge < -0.3 is 4.74 Å². The first-order chi connectivity index (χ1) is 10.5. The number of halogens is 2. The molecular formula is C15H19Cl2NO3S.